The van der Waals surface area contributed by atoms with Crippen LogP contribution in [0.1, 0.15) is 0 Å². The zero-order valence-electron chi connectivity index (χ0n) is 6.82. The molecule has 0 unspecified atom stereocenters. The molecule has 0 saturated carbocycles. The predicted octanol–water partition coefficient (Wildman–Crippen LogP) is 3.85. The van der Waals surface area contributed by atoms with Crippen LogP contribution in [0.5, 0.6) is 5.75 Å². The van der Waals surface area contributed by atoms with E-state index in [1.54, 1.807) is 0 Å². The molecule has 0 aliphatic rings. The molecule has 0 saturated heterocycles. The highest BCUT2D eigenvalue weighted by Gasteiger charge is 2.16. The van der Waals surface area contributed by atoms with Crippen LogP contribution in [0.15, 0.2) is 30.3 Å². The molecule has 0 aliphatic heterocycles. The lowest BCUT2D eigenvalue weighted by atomic mass is 10.3. The Labute approximate surface area is 93.1 Å². The van der Waals surface area contributed by atoms with Gasteiger partial charge in [-0.25, -0.2) is 0 Å². The zero-order valence-corrected chi connectivity index (χ0v) is 10.0. The quantitative estimate of drug-likeness (QED) is 0.597. The fraction of sp³-hybridized carbons (Fsp3) is 0.250. The average molecular weight is 255 g/mol. The van der Waals surface area contributed by atoms with Crippen LogP contribution in [0.2, 0.25) is 0 Å². The summed E-state index contributed by atoms with van der Waals surface area (Å²) in [5.74, 6) is 0.743. The number of benzene rings is 1. The summed E-state index contributed by atoms with van der Waals surface area (Å²) >= 11 is 16.6. The van der Waals surface area contributed by atoms with Gasteiger partial charge in [-0.1, -0.05) is 30.0 Å². The second kappa shape index (κ2) is 5.21. The average Bonchev–Trinajstić information content (AvgIpc) is 2.19. The van der Waals surface area contributed by atoms with Crippen molar-refractivity contribution in [1.29, 1.82) is 0 Å². The molecule has 72 valence electrons. The van der Waals surface area contributed by atoms with Crippen LogP contribution in [0.25, 0.3) is 0 Å². The van der Waals surface area contributed by atoms with Gasteiger partial charge in [-0.05, 0) is 12.1 Å². The van der Waals surface area contributed by atoms with Gasteiger partial charge < -0.3 is 4.52 Å². The highest BCUT2D eigenvalue weighted by molar-refractivity contribution is 8.13. The van der Waals surface area contributed by atoms with Crippen molar-refractivity contribution in [3.8, 4) is 5.75 Å². The number of para-hydroxylation sites is 1. The van der Waals surface area contributed by atoms with E-state index >= 15 is 0 Å². The summed E-state index contributed by atoms with van der Waals surface area (Å²) < 4.78 is 5.56. The molecule has 0 spiro atoms. The highest BCUT2D eigenvalue weighted by Crippen LogP contribution is 2.49. The summed E-state index contributed by atoms with van der Waals surface area (Å²) in [6.07, 6.45) is -2.04. The molecule has 0 aromatic heterocycles. The number of halogens is 2. The Bertz CT molecular complexity index is 296. The molecule has 1 rings (SSSR count). The normalized spacial score (nSPS) is 11.2. The fourth-order valence-electron chi connectivity index (χ4n) is 0.754. The Morgan fingerprint density at radius 3 is 2.15 bits per heavy atom. The summed E-state index contributed by atoms with van der Waals surface area (Å²) in [5.41, 5.74) is 0.613. The molecular formula is C8H9Cl2OPS. The summed E-state index contributed by atoms with van der Waals surface area (Å²) in [5, 5.41) is 0. The topological polar surface area (TPSA) is 9.23 Å². The molecule has 0 N–H and O–H groups in total. The number of hydrogen-bond acceptors (Lipinski definition) is 2. The van der Waals surface area contributed by atoms with Gasteiger partial charge >= 0.3 is 0 Å². The van der Waals surface area contributed by atoms with Crippen LogP contribution < -0.4 is 4.52 Å². The molecule has 1 aromatic carbocycles. The first-order valence-electron chi connectivity index (χ1n) is 3.65. The van der Waals surface area contributed by atoms with E-state index in [2.05, 4.69) is 0 Å². The second-order valence-electron chi connectivity index (χ2n) is 2.46. The molecule has 0 amide bonds. The van der Waals surface area contributed by atoms with E-state index in [-0.39, 0.29) is 0 Å². The molecule has 5 heteroatoms. The summed E-state index contributed by atoms with van der Waals surface area (Å²) in [6.45, 7) is 0. The van der Waals surface area contributed by atoms with Crippen molar-refractivity contribution in [3.05, 3.63) is 30.3 Å². The fourth-order valence-corrected chi connectivity index (χ4v) is 2.74. The second-order valence-corrected chi connectivity index (χ2v) is 8.18. The van der Waals surface area contributed by atoms with Gasteiger partial charge in [0, 0.05) is 0 Å². The molecule has 13 heavy (non-hydrogen) atoms. The van der Waals surface area contributed by atoms with Crippen LogP contribution in [0, 0.1) is 0 Å². The third-order valence-electron chi connectivity index (χ3n) is 1.38. The largest absolute Gasteiger partial charge is 0.464 e. The Balaban J connectivity index is 2.74. The van der Waals surface area contributed by atoms with E-state index in [0.29, 0.717) is 11.2 Å². The first kappa shape index (κ1) is 11.3. The van der Waals surface area contributed by atoms with Crippen LogP contribution in [0.3, 0.4) is 0 Å². The van der Waals surface area contributed by atoms with E-state index in [0.717, 1.165) is 5.75 Å². The minimum atomic E-state index is -2.04. The summed E-state index contributed by atoms with van der Waals surface area (Å²) in [7, 11) is 0. The molecule has 0 bridgehead atoms. The van der Waals surface area contributed by atoms with Crippen molar-refractivity contribution in [2.24, 2.45) is 0 Å². The van der Waals surface area contributed by atoms with E-state index in [4.69, 9.17) is 39.5 Å². The van der Waals surface area contributed by atoms with Gasteiger partial charge in [-0.3, -0.25) is 0 Å². The molecule has 0 atom stereocenters. The highest BCUT2D eigenvalue weighted by atomic mass is 35.5. The maximum Gasteiger partial charge on any atom is 0.143 e. The first-order valence-corrected chi connectivity index (χ1v) is 7.81. The Morgan fingerprint density at radius 2 is 1.69 bits per heavy atom. The van der Waals surface area contributed by atoms with Crippen molar-refractivity contribution in [2.75, 3.05) is 11.2 Å². The molecule has 0 radical (unpaired) electrons. The number of hydrogen-bond donors (Lipinski definition) is 0. The lowest BCUT2D eigenvalue weighted by Gasteiger charge is -2.17. The Morgan fingerprint density at radius 1 is 1.15 bits per heavy atom. The van der Waals surface area contributed by atoms with Crippen LogP contribution in [0.4, 0.5) is 0 Å². The van der Waals surface area contributed by atoms with E-state index in [1.165, 1.54) is 0 Å². The van der Waals surface area contributed by atoms with Crippen molar-refractivity contribution in [1.82, 2.24) is 0 Å². The SMILES string of the molecule is S=P(CCl)(CCl)Oc1ccccc1. The van der Waals surface area contributed by atoms with Crippen LogP contribution in [-0.2, 0) is 11.8 Å². The molecule has 0 aliphatic carbocycles. The summed E-state index contributed by atoms with van der Waals surface area (Å²) in [6, 6.07) is 9.38. The van der Waals surface area contributed by atoms with Gasteiger partial charge in [0.15, 0.2) is 0 Å². The van der Waals surface area contributed by atoms with Crippen molar-refractivity contribution >= 4 is 41.3 Å². The first-order chi connectivity index (χ1) is 6.20. The molecule has 0 fully saturated rings. The third kappa shape index (κ3) is 3.47. The van der Waals surface area contributed by atoms with Crippen LogP contribution in [-0.4, -0.2) is 11.2 Å². The van der Waals surface area contributed by atoms with E-state index < -0.39 is 6.26 Å². The Hall–Kier alpha value is 0.250. The van der Waals surface area contributed by atoms with Gasteiger partial charge in [0.25, 0.3) is 0 Å². The lowest BCUT2D eigenvalue weighted by Crippen LogP contribution is -1.94. The minimum Gasteiger partial charge on any atom is -0.464 e. The predicted molar refractivity (Wildman–Crippen MR) is 62.8 cm³/mol. The molecule has 1 nitrogen and oxygen atoms in total. The summed E-state index contributed by atoms with van der Waals surface area (Å²) in [4.78, 5) is 0. The molecular weight excluding hydrogens is 246 g/mol. The minimum absolute atomic E-state index is 0.306. The smallest absolute Gasteiger partial charge is 0.143 e. The van der Waals surface area contributed by atoms with Gasteiger partial charge in [0.2, 0.25) is 0 Å². The number of rotatable bonds is 4. The van der Waals surface area contributed by atoms with Gasteiger partial charge in [-0.2, -0.15) is 0 Å². The third-order valence-corrected chi connectivity index (χ3v) is 6.82. The molecule has 1 aromatic rings. The lowest BCUT2D eigenvalue weighted by molar-refractivity contribution is 0.618. The molecule has 0 heterocycles. The van der Waals surface area contributed by atoms with E-state index in [1.807, 2.05) is 30.3 Å². The zero-order chi connectivity index (χ0) is 9.73. The standard InChI is InChI=1S/C8H9Cl2OPS/c9-6-12(13,7-10)11-8-4-2-1-3-5-8/h1-5H,6-7H2. The number of alkyl halides is 2. The maximum absolute atomic E-state index is 5.69. The Kier molecular flexibility index (Phi) is 4.54. The van der Waals surface area contributed by atoms with Gasteiger partial charge in [-0.15, -0.1) is 23.2 Å². The van der Waals surface area contributed by atoms with Crippen molar-refractivity contribution in [3.63, 3.8) is 0 Å². The van der Waals surface area contributed by atoms with E-state index in [9.17, 15) is 0 Å². The van der Waals surface area contributed by atoms with Gasteiger partial charge in [0.1, 0.15) is 12.0 Å². The van der Waals surface area contributed by atoms with Crippen molar-refractivity contribution < 1.29 is 4.52 Å². The maximum atomic E-state index is 5.69. The van der Waals surface area contributed by atoms with Gasteiger partial charge in [0.05, 0.1) is 11.2 Å². The van der Waals surface area contributed by atoms with Crippen molar-refractivity contribution in [2.45, 2.75) is 0 Å². The monoisotopic (exact) mass is 254 g/mol. The van der Waals surface area contributed by atoms with Crippen LogP contribution >= 0.6 is 29.5 Å².